The number of carbonyl (C=O) groups excluding carboxylic acids is 1. The van der Waals surface area contributed by atoms with Crippen LogP contribution in [0, 0.1) is 5.41 Å². The predicted octanol–water partition coefficient (Wildman–Crippen LogP) is 2.36. The maximum atomic E-state index is 11.3. The number of carbonyl (C=O) groups is 1. The molecular weight excluding hydrogens is 308 g/mol. The fraction of sp³-hybridized carbons (Fsp3) is 0.357. The second kappa shape index (κ2) is 7.17. The Morgan fingerprint density at radius 1 is 1.32 bits per heavy atom. The molecule has 0 bridgehead atoms. The summed E-state index contributed by atoms with van der Waals surface area (Å²) in [7, 11) is 2.75. The van der Waals surface area contributed by atoms with Gasteiger partial charge in [0.15, 0.2) is 11.5 Å². The van der Waals surface area contributed by atoms with Crippen molar-refractivity contribution in [3.05, 3.63) is 17.7 Å². The summed E-state index contributed by atoms with van der Waals surface area (Å²) in [6.07, 6.45) is 0.976. The Hall–Kier alpha value is -2.22. The molecule has 0 radical (unpaired) electrons. The quantitative estimate of drug-likeness (QED) is 0.678. The summed E-state index contributed by atoms with van der Waals surface area (Å²) in [6.45, 7) is 0.874. The van der Waals surface area contributed by atoms with Crippen molar-refractivity contribution >= 4 is 28.6 Å². The Labute approximate surface area is 132 Å². The number of aliphatic imine (C=N–C) groups is 1. The molecule has 0 atom stereocenters. The van der Waals surface area contributed by atoms with E-state index in [1.54, 1.807) is 18.4 Å². The molecule has 1 heterocycles. The maximum Gasteiger partial charge on any atom is 0.434 e. The standard InChI is InChI=1S/C14H16N2O5S/c1-18-9-6-8(7-10-12(9)21-5-4-20-10)11(15)13(22-3)16-14(17)19-2/h6-7,15H,4-5H2,1-3H3. The van der Waals surface area contributed by atoms with Crippen molar-refractivity contribution in [2.45, 2.75) is 0 Å². The highest BCUT2D eigenvalue weighted by Gasteiger charge is 2.21. The first kappa shape index (κ1) is 16.2. The molecule has 8 heteroatoms. The van der Waals surface area contributed by atoms with Gasteiger partial charge in [-0.3, -0.25) is 5.41 Å². The Morgan fingerprint density at radius 3 is 2.68 bits per heavy atom. The molecule has 1 aliphatic heterocycles. The largest absolute Gasteiger partial charge is 0.493 e. The van der Waals surface area contributed by atoms with Gasteiger partial charge in [-0.05, 0) is 18.4 Å². The molecule has 0 spiro atoms. The third-order valence-corrected chi connectivity index (χ3v) is 3.57. The summed E-state index contributed by atoms with van der Waals surface area (Å²) < 4.78 is 20.8. The van der Waals surface area contributed by atoms with Gasteiger partial charge in [-0.25, -0.2) is 4.79 Å². The fourth-order valence-corrected chi connectivity index (χ4v) is 2.36. The van der Waals surface area contributed by atoms with E-state index in [9.17, 15) is 4.79 Å². The highest BCUT2D eigenvalue weighted by atomic mass is 32.2. The van der Waals surface area contributed by atoms with Crippen LogP contribution in [0.2, 0.25) is 0 Å². The summed E-state index contributed by atoms with van der Waals surface area (Å²) in [5.41, 5.74) is 0.589. The molecule has 1 aromatic rings. The first-order valence-electron chi connectivity index (χ1n) is 6.38. The molecule has 0 aliphatic carbocycles. The van der Waals surface area contributed by atoms with Gasteiger partial charge in [0, 0.05) is 5.56 Å². The molecule has 0 saturated carbocycles. The first-order valence-corrected chi connectivity index (χ1v) is 7.60. The van der Waals surface area contributed by atoms with Gasteiger partial charge in [-0.1, -0.05) is 0 Å². The number of hydrogen-bond acceptors (Lipinski definition) is 7. The summed E-state index contributed by atoms with van der Waals surface area (Å²) in [4.78, 5) is 15.0. The smallest absolute Gasteiger partial charge is 0.434 e. The summed E-state index contributed by atoms with van der Waals surface area (Å²) >= 11 is 1.18. The zero-order chi connectivity index (χ0) is 16.1. The lowest BCUT2D eigenvalue weighted by Crippen LogP contribution is -2.18. The van der Waals surface area contributed by atoms with Crippen molar-refractivity contribution in [1.29, 1.82) is 5.41 Å². The van der Waals surface area contributed by atoms with E-state index in [4.69, 9.17) is 19.6 Å². The Kier molecular flexibility index (Phi) is 5.26. The van der Waals surface area contributed by atoms with Crippen LogP contribution < -0.4 is 14.2 Å². The van der Waals surface area contributed by atoms with Crippen LogP contribution in [0.4, 0.5) is 4.79 Å². The third kappa shape index (κ3) is 3.33. The summed E-state index contributed by atoms with van der Waals surface area (Å²) in [5, 5.41) is 8.47. The van der Waals surface area contributed by atoms with E-state index >= 15 is 0 Å². The fourth-order valence-electron chi connectivity index (χ4n) is 1.87. The maximum absolute atomic E-state index is 11.3. The van der Waals surface area contributed by atoms with E-state index in [0.29, 0.717) is 36.0 Å². The molecule has 22 heavy (non-hydrogen) atoms. The summed E-state index contributed by atoms with van der Waals surface area (Å²) in [6, 6.07) is 3.32. The van der Waals surface area contributed by atoms with Gasteiger partial charge >= 0.3 is 6.09 Å². The zero-order valence-electron chi connectivity index (χ0n) is 12.5. The number of rotatable bonds is 3. The number of methoxy groups -OCH3 is 2. The van der Waals surface area contributed by atoms with Crippen LogP contribution in [0.25, 0.3) is 0 Å². The van der Waals surface area contributed by atoms with Gasteiger partial charge < -0.3 is 18.9 Å². The van der Waals surface area contributed by atoms with E-state index < -0.39 is 6.09 Å². The van der Waals surface area contributed by atoms with Crippen LogP contribution in [0.15, 0.2) is 17.1 Å². The highest BCUT2D eigenvalue weighted by Crippen LogP contribution is 2.40. The van der Waals surface area contributed by atoms with Gasteiger partial charge in [0.1, 0.15) is 18.3 Å². The lowest BCUT2D eigenvalue weighted by atomic mass is 10.1. The van der Waals surface area contributed by atoms with Crippen LogP contribution in [0.1, 0.15) is 5.56 Å². The Balaban J connectivity index is 2.41. The van der Waals surface area contributed by atoms with Gasteiger partial charge in [0.25, 0.3) is 0 Å². The van der Waals surface area contributed by atoms with E-state index in [1.165, 1.54) is 26.0 Å². The van der Waals surface area contributed by atoms with Gasteiger partial charge in [0.2, 0.25) is 5.75 Å². The number of benzene rings is 1. The minimum absolute atomic E-state index is 0.0770. The van der Waals surface area contributed by atoms with E-state index in [2.05, 4.69) is 9.73 Å². The normalized spacial score (nSPS) is 13.5. The molecule has 7 nitrogen and oxygen atoms in total. The van der Waals surface area contributed by atoms with Gasteiger partial charge in [0.05, 0.1) is 19.9 Å². The monoisotopic (exact) mass is 324 g/mol. The molecule has 0 saturated heterocycles. The number of amides is 1. The van der Waals surface area contributed by atoms with Gasteiger partial charge in [-0.15, -0.1) is 11.8 Å². The molecule has 0 unspecified atom stereocenters. The van der Waals surface area contributed by atoms with Crippen LogP contribution in [-0.4, -0.2) is 50.5 Å². The SMILES string of the molecule is COC(=O)N=C(SC)C(=N)c1cc(OC)c2c(c1)OCCO2. The predicted molar refractivity (Wildman–Crippen MR) is 84.2 cm³/mol. The Morgan fingerprint density at radius 2 is 2.05 bits per heavy atom. The second-order valence-corrected chi connectivity index (χ2v) is 4.96. The number of fused-ring (bicyclic) bond motifs is 1. The van der Waals surface area contributed by atoms with E-state index in [0.717, 1.165) is 0 Å². The number of hydrogen-bond donors (Lipinski definition) is 1. The number of thioether (sulfide) groups is 1. The van der Waals surface area contributed by atoms with Crippen LogP contribution in [0.5, 0.6) is 17.2 Å². The first-order chi connectivity index (χ1) is 10.6. The highest BCUT2D eigenvalue weighted by molar-refractivity contribution is 8.15. The molecule has 1 amide bonds. The molecule has 2 rings (SSSR count). The van der Waals surface area contributed by atoms with Crippen molar-refractivity contribution < 1.29 is 23.7 Å². The molecule has 0 fully saturated rings. The van der Waals surface area contributed by atoms with Gasteiger partial charge in [-0.2, -0.15) is 4.99 Å². The van der Waals surface area contributed by atoms with Crippen molar-refractivity contribution in [1.82, 2.24) is 0 Å². The van der Waals surface area contributed by atoms with Crippen molar-refractivity contribution in [3.63, 3.8) is 0 Å². The molecule has 1 N–H and O–H groups in total. The van der Waals surface area contributed by atoms with Crippen molar-refractivity contribution in [2.24, 2.45) is 4.99 Å². The van der Waals surface area contributed by atoms with E-state index in [-0.39, 0.29) is 10.8 Å². The molecule has 0 aromatic heterocycles. The molecular formula is C14H16N2O5S. The zero-order valence-corrected chi connectivity index (χ0v) is 13.3. The lowest BCUT2D eigenvalue weighted by Gasteiger charge is -2.21. The molecule has 1 aliphatic rings. The molecule has 1 aromatic carbocycles. The topological polar surface area (TPSA) is 90.2 Å². The third-order valence-electron chi connectivity index (χ3n) is 2.89. The molecule has 118 valence electrons. The lowest BCUT2D eigenvalue weighted by molar-refractivity contribution is 0.165. The minimum Gasteiger partial charge on any atom is -0.493 e. The number of nitrogens with one attached hydrogen (secondary N) is 1. The van der Waals surface area contributed by atoms with E-state index in [1.807, 2.05) is 0 Å². The average Bonchev–Trinajstić information content (AvgIpc) is 2.57. The van der Waals surface area contributed by atoms with Crippen LogP contribution >= 0.6 is 11.8 Å². The van der Waals surface area contributed by atoms with Crippen LogP contribution in [0.3, 0.4) is 0 Å². The second-order valence-electron chi connectivity index (χ2n) is 4.17. The minimum atomic E-state index is -0.751. The number of nitrogens with zero attached hydrogens (tertiary/aromatic N) is 1. The Bertz CT molecular complexity index is 613. The van der Waals surface area contributed by atoms with Crippen LogP contribution in [-0.2, 0) is 4.74 Å². The number of ether oxygens (including phenoxy) is 4. The average molecular weight is 324 g/mol. The van der Waals surface area contributed by atoms with Crippen molar-refractivity contribution in [3.8, 4) is 17.2 Å². The summed E-state index contributed by atoms with van der Waals surface area (Å²) in [5.74, 6) is 1.49. The van der Waals surface area contributed by atoms with Crippen molar-refractivity contribution in [2.75, 3.05) is 33.7 Å².